The van der Waals surface area contributed by atoms with E-state index in [-0.39, 0.29) is 5.91 Å². The van der Waals surface area contributed by atoms with Gasteiger partial charge in [0.15, 0.2) is 6.04 Å². The van der Waals surface area contributed by atoms with Crippen LogP contribution in [0.25, 0.3) is 11.4 Å². The first kappa shape index (κ1) is 16.9. The number of rotatable bonds is 6. The van der Waals surface area contributed by atoms with E-state index in [2.05, 4.69) is 20.7 Å². The summed E-state index contributed by atoms with van der Waals surface area (Å²) < 4.78 is 5.32. The number of hydrogen-bond donors (Lipinski definition) is 1. The molecule has 2 atom stereocenters. The second kappa shape index (κ2) is 7.72. The number of nitrogens with zero attached hydrogens (tertiary/aromatic N) is 4. The van der Waals surface area contributed by atoms with Crippen molar-refractivity contribution in [2.75, 3.05) is 19.8 Å². The van der Waals surface area contributed by atoms with Gasteiger partial charge in [0, 0.05) is 29.7 Å². The molecule has 128 valence electrons. The molecule has 1 N–H and O–H groups in total. The molecule has 0 spiro atoms. The largest absolute Gasteiger partial charge is 0.381 e. The van der Waals surface area contributed by atoms with E-state index in [9.17, 15) is 4.79 Å². The van der Waals surface area contributed by atoms with Crippen molar-refractivity contribution in [3.8, 4) is 11.4 Å². The first-order valence-electron chi connectivity index (χ1n) is 8.08. The van der Waals surface area contributed by atoms with Gasteiger partial charge in [-0.15, -0.1) is 10.2 Å². The zero-order valence-corrected chi connectivity index (χ0v) is 14.2. The fourth-order valence-electron chi connectivity index (χ4n) is 2.63. The Kier molecular flexibility index (Phi) is 5.42. The summed E-state index contributed by atoms with van der Waals surface area (Å²) in [6, 6.07) is 6.72. The molecular formula is C16H20ClN5O2. The van der Waals surface area contributed by atoms with E-state index in [4.69, 9.17) is 16.3 Å². The van der Waals surface area contributed by atoms with Crippen molar-refractivity contribution < 1.29 is 9.53 Å². The molecule has 2 aromatic rings. The zero-order valence-electron chi connectivity index (χ0n) is 13.5. The van der Waals surface area contributed by atoms with Gasteiger partial charge in [-0.3, -0.25) is 4.79 Å². The van der Waals surface area contributed by atoms with Crippen LogP contribution in [0.1, 0.15) is 25.8 Å². The maximum Gasteiger partial charge on any atom is 0.246 e. The van der Waals surface area contributed by atoms with Gasteiger partial charge in [0.05, 0.1) is 6.61 Å². The number of amides is 1. The number of nitrogens with one attached hydrogen (secondary N) is 1. The minimum absolute atomic E-state index is 0.0931. The van der Waals surface area contributed by atoms with Crippen molar-refractivity contribution in [2.45, 2.75) is 25.8 Å². The van der Waals surface area contributed by atoms with E-state index >= 15 is 0 Å². The summed E-state index contributed by atoms with van der Waals surface area (Å²) in [6.45, 7) is 4.02. The number of hydrogen-bond acceptors (Lipinski definition) is 5. The quantitative estimate of drug-likeness (QED) is 0.863. The predicted octanol–water partition coefficient (Wildman–Crippen LogP) is 2.10. The van der Waals surface area contributed by atoms with Gasteiger partial charge in [-0.1, -0.05) is 18.5 Å². The molecule has 7 nitrogen and oxygen atoms in total. The topological polar surface area (TPSA) is 81.9 Å². The number of ether oxygens (including phenoxy) is 1. The van der Waals surface area contributed by atoms with Crippen LogP contribution in [-0.4, -0.2) is 45.9 Å². The Morgan fingerprint density at radius 3 is 2.92 bits per heavy atom. The van der Waals surface area contributed by atoms with E-state index in [1.165, 1.54) is 4.80 Å². The van der Waals surface area contributed by atoms with Gasteiger partial charge in [-0.05, 0) is 42.3 Å². The molecule has 8 heteroatoms. The van der Waals surface area contributed by atoms with Crippen LogP contribution < -0.4 is 5.32 Å². The summed E-state index contributed by atoms with van der Waals surface area (Å²) in [4.78, 5) is 13.8. The Morgan fingerprint density at radius 1 is 1.46 bits per heavy atom. The summed E-state index contributed by atoms with van der Waals surface area (Å²) in [6.07, 6.45) is 1.57. The van der Waals surface area contributed by atoms with Crippen molar-refractivity contribution in [3.05, 3.63) is 29.3 Å². The Bertz CT molecular complexity index is 682. The van der Waals surface area contributed by atoms with Crippen molar-refractivity contribution in [1.29, 1.82) is 0 Å². The van der Waals surface area contributed by atoms with Crippen LogP contribution in [0.4, 0.5) is 0 Å². The number of halogens is 1. The Morgan fingerprint density at radius 2 is 2.25 bits per heavy atom. The second-order valence-electron chi connectivity index (χ2n) is 5.84. The third-order valence-electron chi connectivity index (χ3n) is 4.09. The van der Waals surface area contributed by atoms with Crippen molar-refractivity contribution in [2.24, 2.45) is 5.92 Å². The maximum atomic E-state index is 12.4. The second-order valence-corrected chi connectivity index (χ2v) is 6.28. The molecule has 1 fully saturated rings. The number of aromatic nitrogens is 4. The minimum Gasteiger partial charge on any atom is -0.381 e. The summed E-state index contributed by atoms with van der Waals surface area (Å²) in [5, 5.41) is 16.0. The first-order valence-corrected chi connectivity index (χ1v) is 8.46. The lowest BCUT2D eigenvalue weighted by molar-refractivity contribution is -0.125. The van der Waals surface area contributed by atoms with Crippen LogP contribution in [0.2, 0.25) is 5.02 Å². The fraction of sp³-hybridized carbons (Fsp3) is 0.500. The van der Waals surface area contributed by atoms with Crippen LogP contribution in [0.3, 0.4) is 0 Å². The summed E-state index contributed by atoms with van der Waals surface area (Å²) in [7, 11) is 0. The number of carbonyl (C=O) groups is 1. The minimum atomic E-state index is -0.471. The molecule has 2 heterocycles. The van der Waals surface area contributed by atoms with Crippen LogP contribution >= 0.6 is 11.6 Å². The Balaban J connectivity index is 1.66. The first-order chi connectivity index (χ1) is 11.7. The van der Waals surface area contributed by atoms with Crippen molar-refractivity contribution in [1.82, 2.24) is 25.5 Å². The van der Waals surface area contributed by atoms with Gasteiger partial charge in [0.2, 0.25) is 11.7 Å². The van der Waals surface area contributed by atoms with Gasteiger partial charge in [-0.25, -0.2) is 0 Å². The lowest BCUT2D eigenvalue weighted by Crippen LogP contribution is -2.36. The van der Waals surface area contributed by atoms with Gasteiger partial charge < -0.3 is 10.1 Å². The molecule has 1 aromatic heterocycles. The number of carbonyl (C=O) groups excluding carboxylic acids is 1. The molecule has 0 radical (unpaired) electrons. The Labute approximate surface area is 145 Å². The molecule has 1 aliphatic heterocycles. The lowest BCUT2D eigenvalue weighted by Gasteiger charge is -2.15. The highest BCUT2D eigenvalue weighted by atomic mass is 35.5. The van der Waals surface area contributed by atoms with Crippen LogP contribution in [0.5, 0.6) is 0 Å². The number of benzene rings is 1. The highest BCUT2D eigenvalue weighted by Crippen LogP contribution is 2.18. The maximum absolute atomic E-state index is 12.4. The average molecular weight is 350 g/mol. The van der Waals surface area contributed by atoms with Gasteiger partial charge >= 0.3 is 0 Å². The molecule has 1 aliphatic rings. The molecule has 3 rings (SSSR count). The highest BCUT2D eigenvalue weighted by molar-refractivity contribution is 6.30. The standard InChI is InChI=1S/C16H20ClN5O2/c1-2-14(16(23)18-9-11-7-8-24-10-11)22-20-15(19-21-22)12-3-5-13(17)6-4-12/h3-6,11,14H,2,7-10H2,1H3,(H,18,23)/t11-,14-/m0/s1. The van der Waals surface area contributed by atoms with Crippen LogP contribution in [0, 0.1) is 5.92 Å². The van der Waals surface area contributed by atoms with E-state index in [0.29, 0.717) is 36.3 Å². The molecule has 0 saturated carbocycles. The van der Waals surface area contributed by atoms with Gasteiger partial charge in [0.25, 0.3) is 0 Å². The summed E-state index contributed by atoms with van der Waals surface area (Å²) in [5.74, 6) is 0.770. The summed E-state index contributed by atoms with van der Waals surface area (Å²) in [5.41, 5.74) is 0.809. The Hall–Kier alpha value is -1.99. The van der Waals surface area contributed by atoms with Crippen molar-refractivity contribution in [3.63, 3.8) is 0 Å². The number of tetrazole rings is 1. The molecule has 1 aromatic carbocycles. The monoisotopic (exact) mass is 349 g/mol. The normalized spacial score (nSPS) is 18.5. The van der Waals surface area contributed by atoms with E-state index in [1.807, 2.05) is 19.1 Å². The molecule has 1 saturated heterocycles. The molecular weight excluding hydrogens is 330 g/mol. The van der Waals surface area contributed by atoms with Crippen molar-refractivity contribution >= 4 is 17.5 Å². The van der Waals surface area contributed by atoms with Gasteiger partial charge in [-0.2, -0.15) is 4.80 Å². The van der Waals surface area contributed by atoms with E-state index in [0.717, 1.165) is 18.6 Å². The van der Waals surface area contributed by atoms with Gasteiger partial charge in [0.1, 0.15) is 0 Å². The van der Waals surface area contributed by atoms with E-state index < -0.39 is 6.04 Å². The zero-order chi connectivity index (χ0) is 16.9. The predicted molar refractivity (Wildman–Crippen MR) is 89.5 cm³/mol. The smallest absolute Gasteiger partial charge is 0.246 e. The lowest BCUT2D eigenvalue weighted by atomic mass is 10.1. The molecule has 0 bridgehead atoms. The summed E-state index contributed by atoms with van der Waals surface area (Å²) >= 11 is 5.88. The SMILES string of the molecule is CC[C@@H](C(=O)NC[C@@H]1CCOC1)n1nnc(-c2ccc(Cl)cc2)n1. The molecule has 24 heavy (non-hydrogen) atoms. The highest BCUT2D eigenvalue weighted by Gasteiger charge is 2.23. The van der Waals surface area contributed by atoms with E-state index in [1.54, 1.807) is 12.1 Å². The third kappa shape index (κ3) is 3.91. The average Bonchev–Trinajstić information content (AvgIpc) is 3.26. The van der Waals surface area contributed by atoms with Crippen LogP contribution in [0.15, 0.2) is 24.3 Å². The third-order valence-corrected chi connectivity index (χ3v) is 4.34. The van der Waals surface area contributed by atoms with Crippen LogP contribution in [-0.2, 0) is 9.53 Å². The fourth-order valence-corrected chi connectivity index (χ4v) is 2.76. The molecule has 0 unspecified atom stereocenters. The molecule has 1 amide bonds. The molecule has 0 aliphatic carbocycles.